The summed E-state index contributed by atoms with van der Waals surface area (Å²) < 4.78 is 0. The van der Waals surface area contributed by atoms with Crippen LogP contribution in [0.4, 0.5) is 5.69 Å². The SMILES string of the molecule is CCNC(CC1CC1)c1ccc2c(c1)CCCC(=O)N2. The molecule has 20 heavy (non-hydrogen) atoms. The molecule has 1 aliphatic carbocycles. The van der Waals surface area contributed by atoms with Crippen LogP contribution < -0.4 is 10.6 Å². The second-order valence-electron chi connectivity index (χ2n) is 6.11. The topological polar surface area (TPSA) is 41.1 Å². The Kier molecular flexibility index (Phi) is 4.06. The number of hydrogen-bond acceptors (Lipinski definition) is 2. The summed E-state index contributed by atoms with van der Waals surface area (Å²) in [4.78, 5) is 11.6. The summed E-state index contributed by atoms with van der Waals surface area (Å²) in [5, 5.41) is 6.63. The van der Waals surface area contributed by atoms with Gasteiger partial charge in [0.1, 0.15) is 0 Å². The lowest BCUT2D eigenvalue weighted by atomic mass is 9.96. The van der Waals surface area contributed by atoms with Crippen LogP contribution in [0, 0.1) is 5.92 Å². The van der Waals surface area contributed by atoms with Gasteiger partial charge < -0.3 is 10.6 Å². The summed E-state index contributed by atoms with van der Waals surface area (Å²) in [7, 11) is 0. The number of carbonyl (C=O) groups excluding carboxylic acids is 1. The summed E-state index contributed by atoms with van der Waals surface area (Å²) in [6, 6.07) is 7.04. The van der Waals surface area contributed by atoms with Crippen molar-refractivity contribution in [1.29, 1.82) is 0 Å². The molecule has 2 N–H and O–H groups in total. The smallest absolute Gasteiger partial charge is 0.224 e. The van der Waals surface area contributed by atoms with Crippen molar-refractivity contribution in [3.63, 3.8) is 0 Å². The van der Waals surface area contributed by atoms with Gasteiger partial charge in [0.15, 0.2) is 0 Å². The Morgan fingerprint density at radius 3 is 2.95 bits per heavy atom. The van der Waals surface area contributed by atoms with E-state index in [1.807, 2.05) is 0 Å². The van der Waals surface area contributed by atoms with E-state index in [1.165, 1.54) is 30.4 Å². The lowest BCUT2D eigenvalue weighted by Gasteiger charge is -2.20. The third-order valence-corrected chi connectivity index (χ3v) is 4.37. The molecule has 0 saturated heterocycles. The Morgan fingerprint density at radius 2 is 2.20 bits per heavy atom. The lowest BCUT2D eigenvalue weighted by Crippen LogP contribution is -2.21. The van der Waals surface area contributed by atoms with Gasteiger partial charge in [0, 0.05) is 18.2 Å². The van der Waals surface area contributed by atoms with Crippen molar-refractivity contribution in [3.05, 3.63) is 29.3 Å². The van der Waals surface area contributed by atoms with Gasteiger partial charge in [-0.3, -0.25) is 4.79 Å². The van der Waals surface area contributed by atoms with Crippen LogP contribution >= 0.6 is 0 Å². The van der Waals surface area contributed by atoms with Gasteiger partial charge in [0.25, 0.3) is 0 Å². The molecule has 108 valence electrons. The maximum absolute atomic E-state index is 11.6. The molecule has 1 amide bonds. The van der Waals surface area contributed by atoms with Gasteiger partial charge in [-0.15, -0.1) is 0 Å². The molecule has 1 aliphatic heterocycles. The number of anilines is 1. The molecule has 3 heteroatoms. The second kappa shape index (κ2) is 5.96. The van der Waals surface area contributed by atoms with Crippen LogP contribution in [0.3, 0.4) is 0 Å². The maximum atomic E-state index is 11.6. The number of aryl methyl sites for hydroxylation is 1. The largest absolute Gasteiger partial charge is 0.326 e. The number of hydrogen-bond donors (Lipinski definition) is 2. The highest BCUT2D eigenvalue weighted by atomic mass is 16.1. The number of nitrogens with one attached hydrogen (secondary N) is 2. The average molecular weight is 272 g/mol. The number of fused-ring (bicyclic) bond motifs is 1. The van der Waals surface area contributed by atoms with Gasteiger partial charge in [0.2, 0.25) is 5.91 Å². The van der Waals surface area contributed by atoms with E-state index in [0.717, 1.165) is 31.0 Å². The Balaban J connectivity index is 1.81. The highest BCUT2D eigenvalue weighted by molar-refractivity contribution is 5.92. The van der Waals surface area contributed by atoms with Crippen molar-refractivity contribution in [1.82, 2.24) is 5.32 Å². The van der Waals surface area contributed by atoms with Crippen LogP contribution in [-0.4, -0.2) is 12.5 Å². The van der Waals surface area contributed by atoms with E-state index >= 15 is 0 Å². The molecule has 1 atom stereocenters. The lowest BCUT2D eigenvalue weighted by molar-refractivity contribution is -0.116. The van der Waals surface area contributed by atoms with Crippen molar-refractivity contribution in [2.24, 2.45) is 5.92 Å². The van der Waals surface area contributed by atoms with E-state index in [1.54, 1.807) is 0 Å². The Labute approximate surface area is 121 Å². The highest BCUT2D eigenvalue weighted by Crippen LogP contribution is 2.38. The molecule has 1 saturated carbocycles. The third-order valence-electron chi connectivity index (χ3n) is 4.37. The molecule has 1 fully saturated rings. The molecular formula is C17H24N2O. The number of carbonyl (C=O) groups is 1. The first-order valence-corrected chi connectivity index (χ1v) is 7.92. The first kappa shape index (κ1) is 13.6. The van der Waals surface area contributed by atoms with Crippen LogP contribution in [0.1, 0.15) is 56.2 Å². The van der Waals surface area contributed by atoms with Gasteiger partial charge in [-0.05, 0) is 48.9 Å². The van der Waals surface area contributed by atoms with E-state index < -0.39 is 0 Å². The predicted octanol–water partition coefficient (Wildman–Crippen LogP) is 3.41. The van der Waals surface area contributed by atoms with E-state index in [9.17, 15) is 4.79 Å². The molecule has 1 aromatic carbocycles. The zero-order valence-corrected chi connectivity index (χ0v) is 12.2. The van der Waals surface area contributed by atoms with Crippen molar-refractivity contribution < 1.29 is 4.79 Å². The fourth-order valence-electron chi connectivity index (χ4n) is 3.08. The zero-order chi connectivity index (χ0) is 13.9. The molecule has 1 heterocycles. The van der Waals surface area contributed by atoms with E-state index in [2.05, 4.69) is 35.8 Å². The zero-order valence-electron chi connectivity index (χ0n) is 12.2. The van der Waals surface area contributed by atoms with Gasteiger partial charge in [-0.25, -0.2) is 0 Å². The minimum atomic E-state index is 0.151. The molecule has 1 unspecified atom stereocenters. The molecular weight excluding hydrogens is 248 g/mol. The molecule has 0 aromatic heterocycles. The number of amides is 1. The quantitative estimate of drug-likeness (QED) is 0.862. The van der Waals surface area contributed by atoms with Crippen LogP contribution in [0.25, 0.3) is 0 Å². The highest BCUT2D eigenvalue weighted by Gasteiger charge is 2.26. The number of rotatable bonds is 5. The predicted molar refractivity (Wildman–Crippen MR) is 81.8 cm³/mol. The maximum Gasteiger partial charge on any atom is 0.224 e. The molecule has 3 rings (SSSR count). The van der Waals surface area contributed by atoms with Crippen LogP contribution in [-0.2, 0) is 11.2 Å². The summed E-state index contributed by atoms with van der Waals surface area (Å²) in [6.07, 6.45) is 6.63. The van der Waals surface area contributed by atoms with Crippen molar-refractivity contribution in [2.45, 2.75) is 51.5 Å². The molecule has 3 nitrogen and oxygen atoms in total. The van der Waals surface area contributed by atoms with E-state index in [-0.39, 0.29) is 5.91 Å². The fourth-order valence-corrected chi connectivity index (χ4v) is 3.08. The average Bonchev–Trinajstić information content (AvgIpc) is 3.24. The standard InChI is InChI=1S/C17H24N2O/c1-2-18-16(10-12-6-7-12)14-8-9-15-13(11-14)4-3-5-17(20)19-15/h8-9,11-12,16,18H,2-7,10H2,1H3,(H,19,20). The normalized spacial score (nSPS) is 19.9. The van der Waals surface area contributed by atoms with Gasteiger partial charge >= 0.3 is 0 Å². The summed E-state index contributed by atoms with van der Waals surface area (Å²) in [5.74, 6) is 1.07. The molecule has 0 radical (unpaired) electrons. The first-order valence-electron chi connectivity index (χ1n) is 7.92. The fraction of sp³-hybridized carbons (Fsp3) is 0.588. The minimum Gasteiger partial charge on any atom is -0.326 e. The molecule has 0 spiro atoms. The monoisotopic (exact) mass is 272 g/mol. The van der Waals surface area contributed by atoms with Gasteiger partial charge in [-0.2, -0.15) is 0 Å². The Hall–Kier alpha value is -1.35. The first-order chi connectivity index (χ1) is 9.76. The molecule has 2 aliphatic rings. The van der Waals surface area contributed by atoms with E-state index in [0.29, 0.717) is 12.5 Å². The van der Waals surface area contributed by atoms with Crippen molar-refractivity contribution in [3.8, 4) is 0 Å². The van der Waals surface area contributed by atoms with Crippen molar-refractivity contribution >= 4 is 11.6 Å². The van der Waals surface area contributed by atoms with Crippen molar-refractivity contribution in [2.75, 3.05) is 11.9 Å². The van der Waals surface area contributed by atoms with Crippen LogP contribution in [0.5, 0.6) is 0 Å². The molecule has 0 bridgehead atoms. The summed E-state index contributed by atoms with van der Waals surface area (Å²) in [5.41, 5.74) is 3.69. The Bertz CT molecular complexity index is 494. The second-order valence-corrected chi connectivity index (χ2v) is 6.11. The van der Waals surface area contributed by atoms with Crippen LogP contribution in [0.2, 0.25) is 0 Å². The summed E-state index contributed by atoms with van der Waals surface area (Å²) in [6.45, 7) is 3.18. The van der Waals surface area contributed by atoms with E-state index in [4.69, 9.17) is 0 Å². The third kappa shape index (κ3) is 3.21. The van der Waals surface area contributed by atoms with Gasteiger partial charge in [-0.1, -0.05) is 31.9 Å². The molecule has 1 aromatic rings. The number of benzene rings is 1. The minimum absolute atomic E-state index is 0.151. The van der Waals surface area contributed by atoms with Gasteiger partial charge in [0.05, 0.1) is 0 Å². The Morgan fingerprint density at radius 1 is 1.35 bits per heavy atom. The van der Waals surface area contributed by atoms with Crippen LogP contribution in [0.15, 0.2) is 18.2 Å². The summed E-state index contributed by atoms with van der Waals surface area (Å²) >= 11 is 0.